The first-order valence-corrected chi connectivity index (χ1v) is 9.16. The molecular weight excluding hydrogens is 426 g/mol. The van der Waals surface area contributed by atoms with Gasteiger partial charge in [-0.1, -0.05) is 34.0 Å². The quantitative estimate of drug-likeness (QED) is 0.489. The van der Waals surface area contributed by atoms with Crippen LogP contribution in [0.15, 0.2) is 57.2 Å². The minimum absolute atomic E-state index is 0.0330. The Morgan fingerprint density at radius 2 is 2.11 bits per heavy atom. The Hall–Kier alpha value is -3.31. The van der Waals surface area contributed by atoms with E-state index >= 15 is 0 Å². The molecule has 3 aromatic rings. The van der Waals surface area contributed by atoms with Crippen molar-refractivity contribution in [1.82, 2.24) is 4.57 Å². The molecule has 0 radical (unpaired) electrons. The van der Waals surface area contributed by atoms with E-state index in [9.17, 15) is 9.90 Å². The minimum Gasteiger partial charge on any atom is -0.493 e. The third-order valence-corrected chi connectivity index (χ3v) is 4.75. The second-order valence-electron chi connectivity index (χ2n) is 6.03. The number of hydrogen-bond donors (Lipinski definition) is 1. The van der Waals surface area contributed by atoms with Crippen molar-refractivity contribution in [2.24, 2.45) is 10.2 Å². The lowest BCUT2D eigenvalue weighted by Crippen LogP contribution is -2.35. The number of fused-ring (bicyclic) bond motifs is 2. The van der Waals surface area contributed by atoms with Gasteiger partial charge in [0.1, 0.15) is 6.61 Å². The first-order valence-electron chi connectivity index (χ1n) is 8.36. The Morgan fingerprint density at radius 3 is 2.89 bits per heavy atom. The van der Waals surface area contributed by atoms with Crippen LogP contribution >= 0.6 is 15.9 Å². The lowest BCUT2D eigenvalue weighted by Gasteiger charge is -2.23. The van der Waals surface area contributed by atoms with Crippen LogP contribution in [-0.2, 0) is 11.3 Å². The Bertz CT molecular complexity index is 1150. The number of azo groups is 1. The maximum absolute atomic E-state index is 12.4. The molecule has 1 amide bonds. The molecule has 0 bridgehead atoms. The molecule has 0 fully saturated rings. The number of para-hydroxylation sites is 2. The predicted octanol–water partition coefficient (Wildman–Crippen LogP) is 4.19. The highest BCUT2D eigenvalue weighted by Gasteiger charge is 2.27. The molecule has 8 heteroatoms. The first-order chi connectivity index (χ1) is 13.6. The zero-order valence-corrected chi connectivity index (χ0v) is 16.1. The van der Waals surface area contributed by atoms with Gasteiger partial charge in [-0.15, -0.1) is 16.7 Å². The SMILES string of the molecule is C#CCn1c(O)c(N=NC(=O)C2COc3ccccc3O2)c2cc(Br)ccc21. The monoisotopic (exact) mass is 439 g/mol. The largest absolute Gasteiger partial charge is 0.493 e. The fraction of sp³-hybridized carbons (Fsp3) is 0.150. The Morgan fingerprint density at radius 1 is 1.32 bits per heavy atom. The van der Waals surface area contributed by atoms with Gasteiger partial charge in [0.05, 0.1) is 12.1 Å². The summed E-state index contributed by atoms with van der Waals surface area (Å²) in [6.45, 7) is 0.190. The van der Waals surface area contributed by atoms with Crippen molar-refractivity contribution in [3.05, 3.63) is 46.9 Å². The number of aromatic hydroxyl groups is 1. The molecule has 1 aromatic heterocycles. The molecule has 1 aliphatic rings. The highest BCUT2D eigenvalue weighted by atomic mass is 79.9. The number of rotatable bonds is 3. The highest BCUT2D eigenvalue weighted by Crippen LogP contribution is 2.40. The first kappa shape index (κ1) is 18.1. The maximum atomic E-state index is 12.4. The van der Waals surface area contributed by atoms with Crippen molar-refractivity contribution in [3.63, 3.8) is 0 Å². The average molecular weight is 440 g/mol. The lowest BCUT2D eigenvalue weighted by atomic mass is 10.2. The van der Waals surface area contributed by atoms with E-state index in [0.717, 1.165) is 4.47 Å². The Labute approximate surface area is 168 Å². The van der Waals surface area contributed by atoms with Crippen LogP contribution in [0.5, 0.6) is 17.4 Å². The molecule has 1 aliphatic heterocycles. The zero-order chi connectivity index (χ0) is 19.7. The van der Waals surface area contributed by atoms with E-state index in [4.69, 9.17) is 15.9 Å². The minimum atomic E-state index is -0.911. The standard InChI is InChI=1S/C20H14BrN3O4/c1-2-9-24-14-8-7-12(21)10-13(14)18(20(24)26)22-23-19(25)17-11-27-15-5-3-4-6-16(15)28-17/h1,3-8,10,17,26H,9,11H2. The molecule has 2 heterocycles. The smallest absolute Gasteiger partial charge is 0.308 e. The number of terminal acetylenes is 1. The van der Waals surface area contributed by atoms with Gasteiger partial charge in [0.25, 0.3) is 0 Å². The van der Waals surface area contributed by atoms with Crippen LogP contribution in [0.25, 0.3) is 10.9 Å². The van der Waals surface area contributed by atoms with Gasteiger partial charge >= 0.3 is 5.91 Å². The molecule has 0 saturated carbocycles. The van der Waals surface area contributed by atoms with Crippen LogP contribution < -0.4 is 9.47 Å². The highest BCUT2D eigenvalue weighted by molar-refractivity contribution is 9.10. The van der Waals surface area contributed by atoms with Crippen molar-refractivity contribution in [3.8, 4) is 29.7 Å². The molecule has 4 rings (SSSR count). The molecule has 140 valence electrons. The fourth-order valence-corrected chi connectivity index (χ4v) is 3.31. The van der Waals surface area contributed by atoms with Crippen molar-refractivity contribution in [2.75, 3.05) is 6.61 Å². The summed E-state index contributed by atoms with van der Waals surface area (Å²) in [6.07, 6.45) is 4.48. The van der Waals surface area contributed by atoms with E-state index in [1.807, 2.05) is 12.1 Å². The van der Waals surface area contributed by atoms with E-state index < -0.39 is 12.0 Å². The van der Waals surface area contributed by atoms with E-state index in [2.05, 4.69) is 32.1 Å². The summed E-state index contributed by atoms with van der Waals surface area (Å²) in [5.74, 6) is 2.76. The van der Waals surface area contributed by atoms with Crippen molar-refractivity contribution in [1.29, 1.82) is 0 Å². The third-order valence-electron chi connectivity index (χ3n) is 4.25. The third kappa shape index (κ3) is 3.21. The number of aromatic nitrogens is 1. The lowest BCUT2D eigenvalue weighted by molar-refractivity contribution is -0.127. The van der Waals surface area contributed by atoms with E-state index in [1.54, 1.807) is 30.3 Å². The van der Waals surface area contributed by atoms with Gasteiger partial charge in [-0.2, -0.15) is 0 Å². The Kier molecular flexibility index (Phi) is 4.75. The van der Waals surface area contributed by atoms with E-state index in [0.29, 0.717) is 22.4 Å². The number of nitrogens with zero attached hydrogens (tertiary/aromatic N) is 3. The summed E-state index contributed by atoms with van der Waals surface area (Å²) < 4.78 is 13.5. The summed E-state index contributed by atoms with van der Waals surface area (Å²) in [7, 11) is 0. The van der Waals surface area contributed by atoms with Crippen molar-refractivity contribution < 1.29 is 19.4 Å². The molecular formula is C20H14BrN3O4. The van der Waals surface area contributed by atoms with Crippen LogP contribution in [0.1, 0.15) is 0 Å². The number of carbonyl (C=O) groups is 1. The van der Waals surface area contributed by atoms with E-state index in [1.165, 1.54) is 4.57 Å². The molecule has 7 nitrogen and oxygen atoms in total. The van der Waals surface area contributed by atoms with Gasteiger partial charge < -0.3 is 14.6 Å². The number of benzene rings is 2. The summed E-state index contributed by atoms with van der Waals surface area (Å²) in [6, 6.07) is 12.5. The van der Waals surface area contributed by atoms with Crippen LogP contribution in [-0.4, -0.2) is 28.3 Å². The molecule has 1 N–H and O–H groups in total. The van der Waals surface area contributed by atoms with Crippen LogP contribution in [0.4, 0.5) is 5.69 Å². The molecule has 0 spiro atoms. The van der Waals surface area contributed by atoms with Crippen LogP contribution in [0.3, 0.4) is 0 Å². The molecule has 1 atom stereocenters. The number of amides is 1. The van der Waals surface area contributed by atoms with Gasteiger partial charge in [-0.3, -0.25) is 9.36 Å². The van der Waals surface area contributed by atoms with Crippen LogP contribution in [0.2, 0.25) is 0 Å². The second-order valence-corrected chi connectivity index (χ2v) is 6.94. The van der Waals surface area contributed by atoms with E-state index in [-0.39, 0.29) is 24.7 Å². The van der Waals surface area contributed by atoms with Crippen LogP contribution in [0, 0.1) is 12.3 Å². The van der Waals surface area contributed by atoms with Gasteiger partial charge in [-0.05, 0) is 30.3 Å². The summed E-state index contributed by atoms with van der Waals surface area (Å²) >= 11 is 3.39. The van der Waals surface area contributed by atoms with Gasteiger partial charge in [0, 0.05) is 9.86 Å². The molecule has 0 saturated heterocycles. The van der Waals surface area contributed by atoms with Gasteiger partial charge in [-0.25, -0.2) is 0 Å². The number of ether oxygens (including phenoxy) is 2. The molecule has 1 unspecified atom stereocenters. The zero-order valence-electron chi connectivity index (χ0n) is 14.5. The maximum Gasteiger partial charge on any atom is 0.308 e. The number of carbonyl (C=O) groups excluding carboxylic acids is 1. The summed E-state index contributed by atoms with van der Waals surface area (Å²) in [5, 5.41) is 18.9. The van der Waals surface area contributed by atoms with Crippen molar-refractivity contribution in [2.45, 2.75) is 12.6 Å². The molecule has 2 aromatic carbocycles. The number of halogens is 1. The van der Waals surface area contributed by atoms with Gasteiger partial charge in [0.15, 0.2) is 17.2 Å². The topological polar surface area (TPSA) is 85.4 Å². The summed E-state index contributed by atoms with van der Waals surface area (Å²) in [5.41, 5.74) is 0.850. The predicted molar refractivity (Wildman–Crippen MR) is 106 cm³/mol. The molecule has 0 aliphatic carbocycles. The fourth-order valence-electron chi connectivity index (χ4n) is 2.95. The normalized spacial score (nSPS) is 15.6. The van der Waals surface area contributed by atoms with Gasteiger partial charge in [0.2, 0.25) is 12.0 Å². The average Bonchev–Trinajstić information content (AvgIpc) is 2.96. The Balaban J connectivity index is 1.64. The second kappa shape index (κ2) is 7.37. The number of hydrogen-bond acceptors (Lipinski definition) is 5. The summed E-state index contributed by atoms with van der Waals surface area (Å²) in [4.78, 5) is 12.4. The molecule has 28 heavy (non-hydrogen) atoms. The van der Waals surface area contributed by atoms with Crippen molar-refractivity contribution >= 4 is 38.4 Å².